The molecule has 2 aliphatic rings. The first-order chi connectivity index (χ1) is 31.2. The molecule has 0 radical (unpaired) electrons. The second-order valence-electron chi connectivity index (χ2n) is 19.6. The first kappa shape index (κ1) is 59.3. The Balaban J connectivity index is 1.95. The van der Waals surface area contributed by atoms with Gasteiger partial charge in [0, 0.05) is 32.8 Å². The summed E-state index contributed by atoms with van der Waals surface area (Å²) in [7, 11) is 0. The number of carbonyl (C=O) groups excluding carboxylic acids is 1. The predicted molar refractivity (Wildman–Crippen MR) is 263 cm³/mol. The third-order valence-electron chi connectivity index (χ3n) is 13.0. The fraction of sp³-hybridized carbons (Fsp3) is 0.981. The van der Waals surface area contributed by atoms with Gasteiger partial charge in [0.2, 0.25) is 5.91 Å². The molecule has 0 spiro atoms. The quantitative estimate of drug-likeness (QED) is 0.0599. The maximum absolute atomic E-state index is 13.7. The Morgan fingerprint density at radius 2 is 0.938 bits per heavy atom. The second-order valence-corrected chi connectivity index (χ2v) is 19.6. The average molecular weight is 912 g/mol. The van der Waals surface area contributed by atoms with Crippen LogP contribution in [-0.4, -0.2) is 100 Å². The standard InChI is InChI=1S/C54H105NO9/c1-9-15-20-21-22-23-24-25-26-27-28-29-30-31-32-33-34-35-36-37-38-48(56)55-45(49-46(14-6)63-54(7,8)64-49)43-61-53-52(60-42-19-13-5)51(59-41-18-12-4)50(58-40-17-11-3)47(62-53)44-57-39-16-10-2/h45-47,49-53H,9-44H2,1-8H3,(H,55,56)/t45-,46+,47?,49-,50?,51?,52?,53?/m0/s1. The maximum Gasteiger partial charge on any atom is 0.220 e. The van der Waals surface area contributed by atoms with Gasteiger partial charge in [0.15, 0.2) is 12.1 Å². The fourth-order valence-electron chi connectivity index (χ4n) is 9.01. The number of hydrogen-bond acceptors (Lipinski definition) is 9. The molecule has 0 aromatic heterocycles. The first-order valence-corrected chi connectivity index (χ1v) is 27.6. The Morgan fingerprint density at radius 1 is 0.500 bits per heavy atom. The summed E-state index contributed by atoms with van der Waals surface area (Å²) in [5.74, 6) is -0.747. The van der Waals surface area contributed by atoms with Crippen LogP contribution in [0.15, 0.2) is 0 Å². The molecular weight excluding hydrogens is 807 g/mol. The summed E-state index contributed by atoms with van der Waals surface area (Å²) in [6.45, 7) is 19.9. The van der Waals surface area contributed by atoms with Crippen molar-refractivity contribution < 1.29 is 42.7 Å². The van der Waals surface area contributed by atoms with Gasteiger partial charge >= 0.3 is 0 Å². The van der Waals surface area contributed by atoms with Crippen molar-refractivity contribution in [1.29, 1.82) is 0 Å². The summed E-state index contributed by atoms with van der Waals surface area (Å²) in [4.78, 5) is 13.7. The molecule has 8 atom stereocenters. The molecule has 2 saturated heterocycles. The van der Waals surface area contributed by atoms with Crippen molar-refractivity contribution in [2.75, 3.05) is 39.6 Å². The molecule has 0 saturated carbocycles. The zero-order chi connectivity index (χ0) is 46.5. The summed E-state index contributed by atoms with van der Waals surface area (Å²) in [6, 6.07) is -0.443. The summed E-state index contributed by atoms with van der Waals surface area (Å²) < 4.78 is 52.5. The molecule has 0 aromatic carbocycles. The van der Waals surface area contributed by atoms with Gasteiger partial charge in [-0.05, 0) is 52.4 Å². The van der Waals surface area contributed by atoms with E-state index in [1.807, 2.05) is 13.8 Å². The zero-order valence-corrected chi connectivity index (χ0v) is 43.2. The van der Waals surface area contributed by atoms with Crippen LogP contribution in [0.3, 0.4) is 0 Å². The Kier molecular flexibility index (Phi) is 36.2. The highest BCUT2D eigenvalue weighted by Crippen LogP contribution is 2.34. The van der Waals surface area contributed by atoms with Gasteiger partial charge in [0.25, 0.3) is 0 Å². The molecule has 5 unspecified atom stereocenters. The van der Waals surface area contributed by atoms with Gasteiger partial charge < -0.3 is 43.2 Å². The van der Waals surface area contributed by atoms with Crippen molar-refractivity contribution >= 4 is 5.91 Å². The summed E-state index contributed by atoms with van der Waals surface area (Å²) in [5, 5.41) is 3.34. The molecule has 10 heteroatoms. The van der Waals surface area contributed by atoms with Crippen LogP contribution in [-0.2, 0) is 42.7 Å². The molecule has 10 nitrogen and oxygen atoms in total. The SMILES string of the molecule is CCCCCCCCCCCCCCCCCCCCCCC(=O)N[C@@H](COC1OC(COCCCC)C(OCCCC)C(OCCCC)C1OCCCC)[C@@H]1OC(C)(C)O[C@@H]1CC. The first-order valence-electron chi connectivity index (χ1n) is 27.6. The molecule has 380 valence electrons. The van der Waals surface area contributed by atoms with E-state index in [1.165, 1.54) is 116 Å². The highest BCUT2D eigenvalue weighted by Gasteiger charge is 2.50. The monoisotopic (exact) mass is 912 g/mol. The van der Waals surface area contributed by atoms with Crippen LogP contribution < -0.4 is 5.32 Å². The van der Waals surface area contributed by atoms with E-state index in [-0.39, 0.29) is 30.8 Å². The molecule has 0 bridgehead atoms. The van der Waals surface area contributed by atoms with E-state index in [9.17, 15) is 4.79 Å². The van der Waals surface area contributed by atoms with E-state index < -0.39 is 36.4 Å². The molecular formula is C54H105NO9. The maximum atomic E-state index is 13.7. The number of rotatable bonds is 44. The molecule has 1 N–H and O–H groups in total. The Bertz CT molecular complexity index is 1060. The van der Waals surface area contributed by atoms with Crippen LogP contribution in [0.4, 0.5) is 0 Å². The highest BCUT2D eigenvalue weighted by molar-refractivity contribution is 5.76. The van der Waals surface area contributed by atoms with Gasteiger partial charge in [-0.3, -0.25) is 4.79 Å². The van der Waals surface area contributed by atoms with Crippen LogP contribution in [0.2, 0.25) is 0 Å². The van der Waals surface area contributed by atoms with E-state index >= 15 is 0 Å². The minimum absolute atomic E-state index is 0.0202. The number of ether oxygens (including phenoxy) is 8. The molecule has 1 amide bonds. The molecule has 2 rings (SSSR count). The van der Waals surface area contributed by atoms with Crippen molar-refractivity contribution in [2.24, 2.45) is 0 Å². The molecule has 2 heterocycles. The predicted octanol–water partition coefficient (Wildman–Crippen LogP) is 13.7. The number of hydrogen-bond donors (Lipinski definition) is 1. The lowest BCUT2D eigenvalue weighted by molar-refractivity contribution is -0.325. The van der Waals surface area contributed by atoms with E-state index in [0.717, 1.165) is 70.6 Å². The van der Waals surface area contributed by atoms with Gasteiger partial charge in [-0.1, -0.05) is 189 Å². The Hall–Kier alpha value is -0.850. The van der Waals surface area contributed by atoms with Gasteiger partial charge in [-0.15, -0.1) is 0 Å². The summed E-state index contributed by atoms with van der Waals surface area (Å²) in [6.07, 6.45) is 32.8. The lowest BCUT2D eigenvalue weighted by Gasteiger charge is -2.46. The lowest BCUT2D eigenvalue weighted by Crippen LogP contribution is -2.63. The number of unbranched alkanes of at least 4 members (excludes halogenated alkanes) is 23. The molecule has 64 heavy (non-hydrogen) atoms. The molecule has 2 fully saturated rings. The van der Waals surface area contributed by atoms with Crippen molar-refractivity contribution in [3.8, 4) is 0 Å². The second kappa shape index (κ2) is 39.0. The van der Waals surface area contributed by atoms with E-state index in [0.29, 0.717) is 39.5 Å². The van der Waals surface area contributed by atoms with Crippen LogP contribution >= 0.6 is 0 Å². The van der Waals surface area contributed by atoms with E-state index in [4.69, 9.17) is 37.9 Å². The van der Waals surface area contributed by atoms with Crippen LogP contribution in [0.5, 0.6) is 0 Å². The lowest BCUT2D eigenvalue weighted by atomic mass is 9.97. The smallest absolute Gasteiger partial charge is 0.220 e. The van der Waals surface area contributed by atoms with Gasteiger partial charge in [0.05, 0.1) is 25.4 Å². The molecule has 2 aliphatic heterocycles. The third kappa shape index (κ3) is 26.6. The normalized spacial score (nSPS) is 23.8. The fourth-order valence-corrected chi connectivity index (χ4v) is 9.01. The number of carbonyl (C=O) groups is 1. The van der Waals surface area contributed by atoms with E-state index in [1.54, 1.807) is 0 Å². The van der Waals surface area contributed by atoms with Crippen LogP contribution in [0, 0.1) is 0 Å². The van der Waals surface area contributed by atoms with Crippen LogP contribution in [0.25, 0.3) is 0 Å². The Morgan fingerprint density at radius 3 is 1.42 bits per heavy atom. The van der Waals surface area contributed by atoms with Crippen molar-refractivity contribution in [3.05, 3.63) is 0 Å². The van der Waals surface area contributed by atoms with Gasteiger partial charge in [-0.2, -0.15) is 0 Å². The Labute approximate surface area is 395 Å². The minimum Gasteiger partial charge on any atom is -0.379 e. The largest absolute Gasteiger partial charge is 0.379 e. The minimum atomic E-state index is -0.768. The number of nitrogens with one attached hydrogen (secondary N) is 1. The average Bonchev–Trinajstić information content (AvgIpc) is 3.61. The van der Waals surface area contributed by atoms with E-state index in [2.05, 4.69) is 46.9 Å². The van der Waals surface area contributed by atoms with Gasteiger partial charge in [-0.25, -0.2) is 0 Å². The van der Waals surface area contributed by atoms with Crippen molar-refractivity contribution in [2.45, 2.75) is 303 Å². The summed E-state index contributed by atoms with van der Waals surface area (Å²) >= 11 is 0. The van der Waals surface area contributed by atoms with Crippen molar-refractivity contribution in [3.63, 3.8) is 0 Å². The third-order valence-corrected chi connectivity index (χ3v) is 13.0. The zero-order valence-electron chi connectivity index (χ0n) is 43.2. The topological polar surface area (TPSA) is 103 Å². The molecule has 0 aliphatic carbocycles. The highest BCUT2D eigenvalue weighted by atomic mass is 16.8. The number of amides is 1. The van der Waals surface area contributed by atoms with Crippen molar-refractivity contribution in [1.82, 2.24) is 5.32 Å². The summed E-state index contributed by atoms with van der Waals surface area (Å²) in [5.41, 5.74) is 0. The van der Waals surface area contributed by atoms with Gasteiger partial charge in [0.1, 0.15) is 30.5 Å². The molecule has 0 aromatic rings. The van der Waals surface area contributed by atoms with Crippen LogP contribution in [0.1, 0.15) is 248 Å².